The molecule has 1 unspecified atom stereocenters. The van der Waals surface area contributed by atoms with Gasteiger partial charge in [0.2, 0.25) is 0 Å². The van der Waals surface area contributed by atoms with Gasteiger partial charge in [0.05, 0.1) is 26.7 Å². The number of hydrogen-bond donors (Lipinski definition) is 1. The number of nitrogens with zero attached hydrogens (tertiary/aromatic N) is 1. The molecule has 0 aliphatic heterocycles. The molecule has 0 saturated heterocycles. The first-order chi connectivity index (χ1) is 14.9. The van der Waals surface area contributed by atoms with Crippen molar-refractivity contribution in [1.82, 2.24) is 0 Å². The number of likely N-dealkylation sites (N-methyl/N-ethyl adjacent to an activating group) is 1. The van der Waals surface area contributed by atoms with E-state index in [0.29, 0.717) is 6.61 Å². The second-order valence-corrected chi connectivity index (χ2v) is 11.0. The predicted molar refractivity (Wildman–Crippen MR) is 133 cm³/mol. The molecule has 0 bridgehead atoms. The fourth-order valence-corrected chi connectivity index (χ4v) is 5.05. The Hall–Kier alpha value is 0.0700. The molecule has 5 nitrogen and oxygen atoms in total. The maximum absolute atomic E-state index is 12.1. The highest BCUT2D eigenvalue weighted by Gasteiger charge is 2.24. The highest BCUT2D eigenvalue weighted by molar-refractivity contribution is 7.47. The van der Waals surface area contributed by atoms with Crippen molar-refractivity contribution >= 4 is 7.82 Å². The molecule has 0 aromatic rings. The fraction of sp³-hybridized carbons (Fsp3) is 1.00. The second kappa shape index (κ2) is 20.7. The van der Waals surface area contributed by atoms with E-state index >= 15 is 0 Å². The molecule has 0 radical (unpaired) electrons. The Labute approximate surface area is 194 Å². The standard InChI is InChI=1S/C25H54NO4P/c1-5-8-9-10-11-12-13-14-15-16-17-18-19-20-24-29-31(27,28)30-25-23-26(4,21-6-2)22-7-3/h5-25H2,1-4H3/p+1. The van der Waals surface area contributed by atoms with E-state index in [4.69, 9.17) is 9.05 Å². The Morgan fingerprint density at radius 1 is 0.581 bits per heavy atom. The molecule has 0 aromatic heterocycles. The van der Waals surface area contributed by atoms with Gasteiger partial charge in [0.25, 0.3) is 0 Å². The molecule has 6 heteroatoms. The number of unbranched alkanes of at least 4 members (excludes halogenated alkanes) is 13. The van der Waals surface area contributed by atoms with Gasteiger partial charge >= 0.3 is 7.82 Å². The van der Waals surface area contributed by atoms with E-state index in [1.807, 2.05) is 0 Å². The number of hydrogen-bond acceptors (Lipinski definition) is 3. The van der Waals surface area contributed by atoms with Gasteiger partial charge in [-0.2, -0.15) is 0 Å². The third-order valence-corrected chi connectivity index (χ3v) is 7.18. The van der Waals surface area contributed by atoms with Crippen LogP contribution in [0, 0.1) is 0 Å². The third kappa shape index (κ3) is 20.4. The van der Waals surface area contributed by atoms with Crippen LogP contribution < -0.4 is 0 Å². The second-order valence-electron chi connectivity index (χ2n) is 9.52. The summed E-state index contributed by atoms with van der Waals surface area (Å²) in [6.07, 6.45) is 20.3. The van der Waals surface area contributed by atoms with E-state index < -0.39 is 7.82 Å². The maximum atomic E-state index is 12.1. The van der Waals surface area contributed by atoms with Crippen molar-refractivity contribution < 1.29 is 23.0 Å². The zero-order chi connectivity index (χ0) is 23.3. The molecule has 0 aromatic carbocycles. The van der Waals surface area contributed by atoms with Gasteiger partial charge in [-0.05, 0) is 19.3 Å². The highest BCUT2D eigenvalue weighted by Crippen LogP contribution is 2.43. The Morgan fingerprint density at radius 2 is 0.968 bits per heavy atom. The van der Waals surface area contributed by atoms with Crippen LogP contribution in [0.4, 0.5) is 0 Å². The maximum Gasteiger partial charge on any atom is 0.472 e. The summed E-state index contributed by atoms with van der Waals surface area (Å²) in [5, 5.41) is 0. The van der Waals surface area contributed by atoms with Crippen LogP contribution in [-0.2, 0) is 13.6 Å². The fourth-order valence-electron chi connectivity index (χ4n) is 4.31. The topological polar surface area (TPSA) is 55.8 Å². The Balaban J connectivity index is 3.55. The van der Waals surface area contributed by atoms with Crippen molar-refractivity contribution in [3.8, 4) is 0 Å². The van der Waals surface area contributed by atoms with Crippen molar-refractivity contribution in [2.75, 3.05) is 39.9 Å². The molecule has 0 aliphatic carbocycles. The quantitative estimate of drug-likeness (QED) is 0.0897. The first-order valence-electron chi connectivity index (χ1n) is 13.3. The normalized spacial score (nSPS) is 14.1. The SMILES string of the molecule is CCCCCCCCCCCCCCCCOP(=O)(O)OCC[N+](C)(CCC)CCC. The minimum absolute atomic E-state index is 0.267. The number of phosphoric acid groups is 1. The minimum atomic E-state index is -3.91. The number of rotatable bonds is 24. The van der Waals surface area contributed by atoms with Crippen LogP contribution >= 0.6 is 7.82 Å². The Kier molecular flexibility index (Phi) is 20.7. The molecule has 188 valence electrons. The number of phosphoric ester groups is 1. The molecule has 0 spiro atoms. The zero-order valence-electron chi connectivity index (χ0n) is 21.4. The molecule has 0 rings (SSSR count). The molecular formula is C25H55NO4P+. The first-order valence-corrected chi connectivity index (χ1v) is 14.8. The first kappa shape index (κ1) is 31.1. The third-order valence-electron chi connectivity index (χ3n) is 6.16. The Morgan fingerprint density at radius 3 is 1.39 bits per heavy atom. The Bertz CT molecular complexity index is 428. The van der Waals surface area contributed by atoms with Crippen molar-refractivity contribution in [3.63, 3.8) is 0 Å². The van der Waals surface area contributed by atoms with Crippen LogP contribution in [0.1, 0.15) is 124 Å². The van der Waals surface area contributed by atoms with Gasteiger partial charge in [0.1, 0.15) is 13.2 Å². The van der Waals surface area contributed by atoms with E-state index in [2.05, 4.69) is 27.8 Å². The largest absolute Gasteiger partial charge is 0.472 e. The molecule has 0 amide bonds. The van der Waals surface area contributed by atoms with E-state index in [-0.39, 0.29) is 6.61 Å². The lowest BCUT2D eigenvalue weighted by Crippen LogP contribution is -2.47. The van der Waals surface area contributed by atoms with Crippen LogP contribution in [0.5, 0.6) is 0 Å². The van der Waals surface area contributed by atoms with Crippen LogP contribution in [-0.4, -0.2) is 49.3 Å². The lowest BCUT2D eigenvalue weighted by Gasteiger charge is -2.34. The average Bonchev–Trinajstić information content (AvgIpc) is 2.71. The molecular weight excluding hydrogens is 409 g/mol. The molecule has 0 aliphatic rings. The summed E-state index contributed by atoms with van der Waals surface area (Å²) >= 11 is 0. The zero-order valence-corrected chi connectivity index (χ0v) is 22.3. The van der Waals surface area contributed by atoms with E-state index in [0.717, 1.165) is 49.8 Å². The summed E-state index contributed by atoms with van der Waals surface area (Å²) < 4.78 is 23.3. The van der Waals surface area contributed by atoms with E-state index in [1.165, 1.54) is 77.0 Å². The van der Waals surface area contributed by atoms with Crippen molar-refractivity contribution in [1.29, 1.82) is 0 Å². The summed E-state index contributed by atoms with van der Waals surface area (Å²) in [5.74, 6) is 0. The predicted octanol–water partition coefficient (Wildman–Crippen LogP) is 7.87. The summed E-state index contributed by atoms with van der Waals surface area (Å²) in [6.45, 7) is 10.1. The van der Waals surface area contributed by atoms with Gasteiger partial charge in [-0.15, -0.1) is 0 Å². The highest BCUT2D eigenvalue weighted by atomic mass is 31.2. The smallest absolute Gasteiger partial charge is 0.324 e. The monoisotopic (exact) mass is 464 g/mol. The van der Waals surface area contributed by atoms with Gasteiger partial charge in [-0.3, -0.25) is 9.05 Å². The van der Waals surface area contributed by atoms with Crippen molar-refractivity contribution in [2.45, 2.75) is 124 Å². The lowest BCUT2D eigenvalue weighted by molar-refractivity contribution is -0.909. The van der Waals surface area contributed by atoms with Crippen LogP contribution in [0.3, 0.4) is 0 Å². The molecule has 1 N–H and O–H groups in total. The summed E-state index contributed by atoms with van der Waals surface area (Å²) in [6, 6.07) is 0. The van der Waals surface area contributed by atoms with Crippen LogP contribution in [0.25, 0.3) is 0 Å². The molecule has 0 heterocycles. The molecule has 31 heavy (non-hydrogen) atoms. The van der Waals surface area contributed by atoms with Gasteiger partial charge in [0, 0.05) is 0 Å². The lowest BCUT2D eigenvalue weighted by atomic mass is 10.0. The minimum Gasteiger partial charge on any atom is -0.324 e. The van der Waals surface area contributed by atoms with Crippen molar-refractivity contribution in [3.05, 3.63) is 0 Å². The van der Waals surface area contributed by atoms with Crippen molar-refractivity contribution in [2.24, 2.45) is 0 Å². The van der Waals surface area contributed by atoms with Crippen LogP contribution in [0.2, 0.25) is 0 Å². The molecule has 1 atom stereocenters. The molecule has 0 fully saturated rings. The molecule has 0 saturated carbocycles. The summed E-state index contributed by atoms with van der Waals surface area (Å²) in [4.78, 5) is 9.88. The van der Waals surface area contributed by atoms with Gasteiger partial charge < -0.3 is 9.38 Å². The van der Waals surface area contributed by atoms with E-state index in [9.17, 15) is 9.46 Å². The average molecular weight is 465 g/mol. The van der Waals surface area contributed by atoms with Gasteiger partial charge in [0.15, 0.2) is 0 Å². The summed E-state index contributed by atoms with van der Waals surface area (Å²) in [7, 11) is -1.72. The number of quaternary nitrogens is 1. The van der Waals surface area contributed by atoms with Gasteiger partial charge in [-0.1, -0.05) is 104 Å². The van der Waals surface area contributed by atoms with E-state index in [1.54, 1.807) is 0 Å². The summed E-state index contributed by atoms with van der Waals surface area (Å²) in [5.41, 5.74) is 0. The van der Waals surface area contributed by atoms with Gasteiger partial charge in [-0.25, -0.2) is 4.57 Å². The van der Waals surface area contributed by atoms with Crippen LogP contribution in [0.15, 0.2) is 0 Å².